The van der Waals surface area contributed by atoms with E-state index in [0.717, 1.165) is 19.3 Å². The Bertz CT molecular complexity index is 644. The quantitative estimate of drug-likeness (QED) is 0.907. The second-order valence-corrected chi connectivity index (χ2v) is 5.28. The second kappa shape index (κ2) is 5.63. The lowest BCUT2D eigenvalue weighted by Crippen LogP contribution is -2.19. The van der Waals surface area contributed by atoms with Crippen molar-refractivity contribution in [1.82, 2.24) is 15.0 Å². The van der Waals surface area contributed by atoms with Crippen molar-refractivity contribution in [1.29, 1.82) is 0 Å². The van der Waals surface area contributed by atoms with Gasteiger partial charge in [-0.1, -0.05) is 24.3 Å². The number of benzene rings is 1. The van der Waals surface area contributed by atoms with Gasteiger partial charge in [-0.25, -0.2) is 4.39 Å². The Morgan fingerprint density at radius 2 is 2.10 bits per heavy atom. The van der Waals surface area contributed by atoms with Gasteiger partial charge in [-0.3, -0.25) is 0 Å². The molecule has 0 saturated carbocycles. The van der Waals surface area contributed by atoms with E-state index in [-0.39, 0.29) is 17.8 Å². The lowest BCUT2D eigenvalue weighted by atomic mass is 9.88. The zero-order valence-electron chi connectivity index (χ0n) is 11.9. The number of nitrogens with one attached hydrogen (secondary N) is 1. The van der Waals surface area contributed by atoms with Crippen LogP contribution in [-0.4, -0.2) is 15.0 Å². The molecule has 0 bridgehead atoms. The molecule has 1 aromatic heterocycles. The Balaban J connectivity index is 1.88. The molecule has 5 nitrogen and oxygen atoms in total. The molecular weight excluding hydrogens is 269 g/mol. The van der Waals surface area contributed by atoms with Gasteiger partial charge in [0.15, 0.2) is 12.0 Å². The summed E-state index contributed by atoms with van der Waals surface area (Å²) in [6.07, 6.45) is 1.90. The van der Waals surface area contributed by atoms with Gasteiger partial charge in [-0.15, -0.1) is 0 Å². The summed E-state index contributed by atoms with van der Waals surface area (Å²) >= 11 is 0. The highest BCUT2D eigenvalue weighted by molar-refractivity contribution is 5.40. The molecule has 1 unspecified atom stereocenters. The predicted octanol–water partition coefficient (Wildman–Crippen LogP) is 2.97. The third kappa shape index (κ3) is 2.94. The maximum absolute atomic E-state index is 13.4. The summed E-state index contributed by atoms with van der Waals surface area (Å²) in [6.45, 7) is 1.38. The van der Waals surface area contributed by atoms with Crippen molar-refractivity contribution in [3.63, 3.8) is 0 Å². The third-order valence-corrected chi connectivity index (χ3v) is 3.70. The van der Waals surface area contributed by atoms with Crippen molar-refractivity contribution in [3.8, 4) is 0 Å². The summed E-state index contributed by atoms with van der Waals surface area (Å²) in [5.41, 5.74) is 8.21. The maximum atomic E-state index is 13.4. The normalized spacial score (nSPS) is 18.9. The first kappa shape index (κ1) is 13.7. The first-order valence-electron chi connectivity index (χ1n) is 7.13. The number of hydrogen-bond donors (Lipinski definition) is 2. The van der Waals surface area contributed by atoms with E-state index in [1.165, 1.54) is 18.1 Å². The monoisotopic (exact) mass is 287 g/mol. The number of nitrogens with zero attached hydrogens (tertiary/aromatic N) is 3. The van der Waals surface area contributed by atoms with Crippen LogP contribution in [-0.2, 0) is 6.42 Å². The lowest BCUT2D eigenvalue weighted by Gasteiger charge is -2.26. The Hall–Kier alpha value is -2.24. The molecule has 0 amide bonds. The van der Waals surface area contributed by atoms with Gasteiger partial charge in [0.25, 0.3) is 0 Å². The first-order valence-corrected chi connectivity index (χ1v) is 7.13. The fourth-order valence-corrected chi connectivity index (χ4v) is 2.71. The third-order valence-electron chi connectivity index (χ3n) is 3.70. The van der Waals surface area contributed by atoms with Crippen LogP contribution in [0.15, 0.2) is 24.3 Å². The van der Waals surface area contributed by atoms with E-state index < -0.39 is 6.17 Å². The van der Waals surface area contributed by atoms with Crippen LogP contribution < -0.4 is 11.1 Å². The van der Waals surface area contributed by atoms with Crippen LogP contribution in [0.5, 0.6) is 0 Å². The Kier molecular flexibility index (Phi) is 3.68. The average molecular weight is 287 g/mol. The SMILES string of the molecule is CC(F)c1nc(N)nc(N[C@@H]2CCCc3ccccc32)n1. The van der Waals surface area contributed by atoms with E-state index in [0.29, 0.717) is 5.95 Å². The van der Waals surface area contributed by atoms with Crippen molar-refractivity contribution in [3.05, 3.63) is 41.2 Å². The average Bonchev–Trinajstić information content (AvgIpc) is 2.47. The van der Waals surface area contributed by atoms with Crippen LogP contribution >= 0.6 is 0 Å². The van der Waals surface area contributed by atoms with Crippen molar-refractivity contribution in [2.24, 2.45) is 0 Å². The highest BCUT2D eigenvalue weighted by Crippen LogP contribution is 2.31. The minimum absolute atomic E-state index is 0.0381. The number of hydrogen-bond acceptors (Lipinski definition) is 5. The number of aromatic nitrogens is 3. The van der Waals surface area contributed by atoms with E-state index in [1.54, 1.807) is 0 Å². The zero-order chi connectivity index (χ0) is 14.8. The molecule has 3 rings (SSSR count). The number of halogens is 1. The Morgan fingerprint density at radius 3 is 2.90 bits per heavy atom. The van der Waals surface area contributed by atoms with E-state index in [4.69, 9.17) is 5.73 Å². The van der Waals surface area contributed by atoms with Crippen LogP contribution in [0.4, 0.5) is 16.3 Å². The van der Waals surface area contributed by atoms with Crippen molar-refractivity contribution in [2.75, 3.05) is 11.1 Å². The minimum atomic E-state index is -1.27. The number of rotatable bonds is 3. The standard InChI is InChI=1S/C15H18FN5/c1-9(16)13-19-14(17)21-15(20-13)18-12-8-4-6-10-5-2-3-7-11(10)12/h2-3,5,7,9,12H,4,6,8H2,1H3,(H3,17,18,19,20,21)/t9?,12-/m1/s1. The summed E-state index contributed by atoms with van der Waals surface area (Å²) in [7, 11) is 0. The van der Waals surface area contributed by atoms with E-state index in [2.05, 4.69) is 32.4 Å². The number of anilines is 2. The number of aryl methyl sites for hydroxylation is 1. The van der Waals surface area contributed by atoms with Gasteiger partial charge in [0, 0.05) is 0 Å². The summed E-state index contributed by atoms with van der Waals surface area (Å²) in [4.78, 5) is 12.0. The van der Waals surface area contributed by atoms with Crippen LogP contribution in [0.1, 0.15) is 48.9 Å². The fraction of sp³-hybridized carbons (Fsp3) is 0.400. The van der Waals surface area contributed by atoms with E-state index >= 15 is 0 Å². The van der Waals surface area contributed by atoms with Crippen LogP contribution in [0.2, 0.25) is 0 Å². The lowest BCUT2D eigenvalue weighted by molar-refractivity contribution is 0.356. The van der Waals surface area contributed by atoms with Gasteiger partial charge >= 0.3 is 0 Å². The highest BCUT2D eigenvalue weighted by Gasteiger charge is 2.21. The van der Waals surface area contributed by atoms with Gasteiger partial charge in [0.1, 0.15) is 0 Å². The van der Waals surface area contributed by atoms with E-state index in [1.807, 2.05) is 12.1 Å². The molecule has 0 spiro atoms. The molecule has 0 radical (unpaired) electrons. The van der Waals surface area contributed by atoms with Gasteiger partial charge < -0.3 is 11.1 Å². The Morgan fingerprint density at radius 1 is 1.29 bits per heavy atom. The molecule has 3 N–H and O–H groups in total. The minimum Gasteiger partial charge on any atom is -0.368 e. The number of alkyl halides is 1. The van der Waals surface area contributed by atoms with Gasteiger partial charge in [-0.2, -0.15) is 15.0 Å². The number of nitrogens with two attached hydrogens (primary N) is 1. The van der Waals surface area contributed by atoms with Gasteiger partial charge in [0.2, 0.25) is 11.9 Å². The molecule has 6 heteroatoms. The molecule has 1 aliphatic rings. The highest BCUT2D eigenvalue weighted by atomic mass is 19.1. The largest absolute Gasteiger partial charge is 0.368 e. The summed E-state index contributed by atoms with van der Waals surface area (Å²) < 4.78 is 13.4. The fourth-order valence-electron chi connectivity index (χ4n) is 2.71. The second-order valence-electron chi connectivity index (χ2n) is 5.28. The molecule has 0 fully saturated rings. The van der Waals surface area contributed by atoms with Crippen molar-refractivity contribution >= 4 is 11.9 Å². The maximum Gasteiger partial charge on any atom is 0.228 e. The van der Waals surface area contributed by atoms with Crippen molar-refractivity contribution < 1.29 is 4.39 Å². The molecular formula is C15H18FN5. The summed E-state index contributed by atoms with van der Waals surface area (Å²) in [5, 5.41) is 3.26. The van der Waals surface area contributed by atoms with Crippen LogP contribution in [0, 0.1) is 0 Å². The number of fused-ring (bicyclic) bond motifs is 1. The first-order chi connectivity index (χ1) is 10.1. The van der Waals surface area contributed by atoms with Gasteiger partial charge in [0.05, 0.1) is 6.04 Å². The van der Waals surface area contributed by atoms with Crippen LogP contribution in [0.25, 0.3) is 0 Å². The molecule has 2 atom stereocenters. The summed E-state index contributed by atoms with van der Waals surface area (Å²) in [5.74, 6) is 0.439. The van der Waals surface area contributed by atoms with Gasteiger partial charge in [-0.05, 0) is 37.3 Å². The van der Waals surface area contributed by atoms with Crippen LogP contribution in [0.3, 0.4) is 0 Å². The molecule has 1 heterocycles. The topological polar surface area (TPSA) is 76.7 Å². The molecule has 110 valence electrons. The zero-order valence-corrected chi connectivity index (χ0v) is 11.9. The molecule has 0 saturated heterocycles. The number of nitrogen functional groups attached to an aromatic ring is 1. The van der Waals surface area contributed by atoms with E-state index in [9.17, 15) is 4.39 Å². The molecule has 21 heavy (non-hydrogen) atoms. The van der Waals surface area contributed by atoms with Crippen molar-refractivity contribution in [2.45, 2.75) is 38.4 Å². The molecule has 1 aliphatic carbocycles. The smallest absolute Gasteiger partial charge is 0.228 e. The molecule has 2 aromatic rings. The summed E-state index contributed by atoms with van der Waals surface area (Å²) in [6, 6.07) is 8.44. The predicted molar refractivity (Wildman–Crippen MR) is 79.5 cm³/mol. The molecule has 1 aromatic carbocycles. The Labute approximate surface area is 122 Å². The molecule has 0 aliphatic heterocycles.